The van der Waals surface area contributed by atoms with Gasteiger partial charge in [-0.2, -0.15) is 0 Å². The summed E-state index contributed by atoms with van der Waals surface area (Å²) in [7, 11) is 0. The van der Waals surface area contributed by atoms with Crippen LogP contribution in [0.3, 0.4) is 0 Å². The predicted octanol–water partition coefficient (Wildman–Crippen LogP) is -0.497. The summed E-state index contributed by atoms with van der Waals surface area (Å²) in [6, 6.07) is 0. The minimum Gasteiger partial charge on any atom is -0.383 e. The van der Waals surface area contributed by atoms with E-state index in [2.05, 4.69) is 5.32 Å². The van der Waals surface area contributed by atoms with Gasteiger partial charge in [-0.05, 0) is 12.3 Å². The van der Waals surface area contributed by atoms with Gasteiger partial charge in [0.15, 0.2) is 0 Å². The van der Waals surface area contributed by atoms with Gasteiger partial charge in [0, 0.05) is 6.54 Å². The topological polar surface area (TPSA) is 49.3 Å². The van der Waals surface area contributed by atoms with Gasteiger partial charge in [0.05, 0.1) is 0 Å². The third kappa shape index (κ3) is 1.42. The zero-order valence-electron chi connectivity index (χ0n) is 5.42. The van der Waals surface area contributed by atoms with Crippen LogP contribution in [0.1, 0.15) is 13.3 Å². The lowest BCUT2D eigenvalue weighted by Gasteiger charge is -2.22. The second kappa shape index (κ2) is 2.35. The number of aliphatic hydroxyl groups is 1. The standard InChI is InChI=1S/C6H11NO2/c1-4-2-5(8)6(9)7-3-4/h4-5,8H,2-3H2,1H3,(H,7,9)/t4-,5+/m1/s1. The Balaban J connectivity index is 2.44. The average molecular weight is 129 g/mol. The smallest absolute Gasteiger partial charge is 0.248 e. The molecule has 1 amide bonds. The number of hydrogen-bond acceptors (Lipinski definition) is 2. The predicted molar refractivity (Wildman–Crippen MR) is 32.8 cm³/mol. The van der Waals surface area contributed by atoms with E-state index in [1.54, 1.807) is 0 Å². The molecule has 0 aromatic rings. The van der Waals surface area contributed by atoms with Crippen molar-refractivity contribution in [3.8, 4) is 0 Å². The summed E-state index contributed by atoms with van der Waals surface area (Å²) in [4.78, 5) is 10.6. The van der Waals surface area contributed by atoms with Gasteiger partial charge < -0.3 is 10.4 Å². The molecule has 0 saturated carbocycles. The molecule has 1 aliphatic heterocycles. The Labute approximate surface area is 54.1 Å². The molecule has 0 aliphatic carbocycles. The van der Waals surface area contributed by atoms with Crippen LogP contribution < -0.4 is 5.32 Å². The summed E-state index contributed by atoms with van der Waals surface area (Å²) < 4.78 is 0. The molecule has 1 fully saturated rings. The highest BCUT2D eigenvalue weighted by Gasteiger charge is 2.23. The second-order valence-electron chi connectivity index (χ2n) is 2.60. The zero-order valence-corrected chi connectivity index (χ0v) is 5.42. The fourth-order valence-corrected chi connectivity index (χ4v) is 0.964. The van der Waals surface area contributed by atoms with Crippen LogP contribution >= 0.6 is 0 Å². The lowest BCUT2D eigenvalue weighted by atomic mass is 9.99. The van der Waals surface area contributed by atoms with Gasteiger partial charge in [-0.1, -0.05) is 6.92 Å². The van der Waals surface area contributed by atoms with Crippen molar-refractivity contribution in [1.82, 2.24) is 5.32 Å². The van der Waals surface area contributed by atoms with E-state index in [0.717, 1.165) is 0 Å². The van der Waals surface area contributed by atoms with Crippen LogP contribution in [0, 0.1) is 5.92 Å². The van der Waals surface area contributed by atoms with E-state index in [4.69, 9.17) is 5.11 Å². The van der Waals surface area contributed by atoms with E-state index >= 15 is 0 Å². The maximum atomic E-state index is 10.6. The first-order valence-electron chi connectivity index (χ1n) is 3.16. The van der Waals surface area contributed by atoms with E-state index in [1.807, 2.05) is 6.92 Å². The molecule has 3 nitrogen and oxygen atoms in total. The third-order valence-electron chi connectivity index (χ3n) is 1.55. The summed E-state index contributed by atoms with van der Waals surface area (Å²) in [5, 5.41) is 11.5. The highest BCUT2D eigenvalue weighted by Crippen LogP contribution is 2.09. The van der Waals surface area contributed by atoms with Gasteiger partial charge >= 0.3 is 0 Å². The second-order valence-corrected chi connectivity index (χ2v) is 2.60. The van der Waals surface area contributed by atoms with Gasteiger partial charge in [0.2, 0.25) is 5.91 Å². The quantitative estimate of drug-likeness (QED) is 0.463. The molecule has 2 N–H and O–H groups in total. The third-order valence-corrected chi connectivity index (χ3v) is 1.55. The van der Waals surface area contributed by atoms with Crippen molar-refractivity contribution in [3.63, 3.8) is 0 Å². The SMILES string of the molecule is C[C@H]1CNC(=O)[C@@H](O)C1. The van der Waals surface area contributed by atoms with Gasteiger partial charge in [-0.15, -0.1) is 0 Å². The molecular formula is C6H11NO2. The Hall–Kier alpha value is -0.570. The van der Waals surface area contributed by atoms with Crippen LogP contribution in [-0.4, -0.2) is 23.7 Å². The van der Waals surface area contributed by atoms with Crippen LogP contribution in [-0.2, 0) is 4.79 Å². The number of carbonyl (C=O) groups excluding carboxylic acids is 1. The molecule has 2 atom stereocenters. The molecule has 1 saturated heterocycles. The van der Waals surface area contributed by atoms with Gasteiger partial charge in [0.1, 0.15) is 6.10 Å². The summed E-state index contributed by atoms with van der Waals surface area (Å²) in [5.41, 5.74) is 0. The lowest BCUT2D eigenvalue weighted by molar-refractivity contribution is -0.132. The Morgan fingerprint density at radius 3 is 2.89 bits per heavy atom. The molecule has 0 unspecified atom stereocenters. The largest absolute Gasteiger partial charge is 0.383 e. The summed E-state index contributed by atoms with van der Waals surface area (Å²) in [6.07, 6.45) is -0.167. The average Bonchev–Trinajstić information content (AvgIpc) is 1.80. The summed E-state index contributed by atoms with van der Waals surface area (Å²) in [6.45, 7) is 2.71. The highest BCUT2D eigenvalue weighted by atomic mass is 16.3. The fourth-order valence-electron chi connectivity index (χ4n) is 0.964. The van der Waals surface area contributed by atoms with Gasteiger partial charge in [0.25, 0.3) is 0 Å². The van der Waals surface area contributed by atoms with E-state index in [9.17, 15) is 4.79 Å². The molecule has 0 aromatic heterocycles. The maximum absolute atomic E-state index is 10.6. The molecule has 0 radical (unpaired) electrons. The maximum Gasteiger partial charge on any atom is 0.248 e. The summed E-state index contributed by atoms with van der Waals surface area (Å²) in [5.74, 6) is 0.186. The van der Waals surface area contributed by atoms with Crippen molar-refractivity contribution in [3.05, 3.63) is 0 Å². The Morgan fingerprint density at radius 1 is 1.78 bits per heavy atom. The Morgan fingerprint density at radius 2 is 2.44 bits per heavy atom. The van der Waals surface area contributed by atoms with E-state index in [0.29, 0.717) is 18.9 Å². The molecule has 0 bridgehead atoms. The van der Waals surface area contributed by atoms with Crippen LogP contribution in [0.2, 0.25) is 0 Å². The molecule has 0 aromatic carbocycles. The van der Waals surface area contributed by atoms with Crippen LogP contribution in [0.15, 0.2) is 0 Å². The number of rotatable bonds is 0. The van der Waals surface area contributed by atoms with Crippen molar-refractivity contribution in [2.75, 3.05) is 6.54 Å². The van der Waals surface area contributed by atoms with E-state index in [1.165, 1.54) is 0 Å². The first-order chi connectivity index (χ1) is 4.20. The van der Waals surface area contributed by atoms with Crippen LogP contribution in [0.25, 0.3) is 0 Å². The van der Waals surface area contributed by atoms with Crippen molar-refractivity contribution in [2.45, 2.75) is 19.4 Å². The van der Waals surface area contributed by atoms with Crippen molar-refractivity contribution < 1.29 is 9.90 Å². The number of carbonyl (C=O) groups is 1. The van der Waals surface area contributed by atoms with E-state index < -0.39 is 6.10 Å². The highest BCUT2D eigenvalue weighted by molar-refractivity contribution is 5.81. The molecular weight excluding hydrogens is 118 g/mol. The minimum atomic E-state index is -0.770. The molecule has 1 rings (SSSR count). The molecule has 1 aliphatic rings. The Bertz CT molecular complexity index is 124. The zero-order chi connectivity index (χ0) is 6.85. The van der Waals surface area contributed by atoms with Crippen molar-refractivity contribution in [2.24, 2.45) is 5.92 Å². The molecule has 52 valence electrons. The Kier molecular flexibility index (Phi) is 1.71. The molecule has 9 heavy (non-hydrogen) atoms. The monoisotopic (exact) mass is 129 g/mol. The molecule has 1 heterocycles. The number of amides is 1. The van der Waals surface area contributed by atoms with Crippen LogP contribution in [0.5, 0.6) is 0 Å². The fraction of sp³-hybridized carbons (Fsp3) is 0.833. The lowest BCUT2D eigenvalue weighted by Crippen LogP contribution is -2.43. The number of aliphatic hydroxyl groups excluding tert-OH is 1. The minimum absolute atomic E-state index is 0.229. The van der Waals surface area contributed by atoms with Crippen molar-refractivity contribution >= 4 is 5.91 Å². The first-order valence-corrected chi connectivity index (χ1v) is 3.16. The number of piperidine rings is 1. The summed E-state index contributed by atoms with van der Waals surface area (Å²) >= 11 is 0. The van der Waals surface area contributed by atoms with Crippen molar-refractivity contribution in [1.29, 1.82) is 0 Å². The molecule has 3 heteroatoms. The van der Waals surface area contributed by atoms with Crippen LogP contribution in [0.4, 0.5) is 0 Å². The van der Waals surface area contributed by atoms with Gasteiger partial charge in [-0.3, -0.25) is 4.79 Å². The van der Waals surface area contributed by atoms with E-state index in [-0.39, 0.29) is 5.91 Å². The normalized spacial score (nSPS) is 36.0. The van der Waals surface area contributed by atoms with Gasteiger partial charge in [-0.25, -0.2) is 0 Å². The first kappa shape index (κ1) is 6.55. The molecule has 0 spiro atoms. The number of hydrogen-bond donors (Lipinski definition) is 2. The number of nitrogens with one attached hydrogen (secondary N) is 1.